The van der Waals surface area contributed by atoms with E-state index in [1.807, 2.05) is 0 Å². The average Bonchev–Trinajstić information content (AvgIpc) is 2.08. The first-order valence-corrected chi connectivity index (χ1v) is 4.07. The van der Waals surface area contributed by atoms with Crippen molar-refractivity contribution in [3.63, 3.8) is 0 Å². The van der Waals surface area contributed by atoms with Crippen LogP contribution < -0.4 is 10.6 Å². The van der Waals surface area contributed by atoms with Gasteiger partial charge in [-0.2, -0.15) is 0 Å². The summed E-state index contributed by atoms with van der Waals surface area (Å²) in [5, 5.41) is 5.39. The molecule has 0 spiro atoms. The number of hydrogen-bond acceptors (Lipinski definition) is 2. The Labute approximate surface area is 78.9 Å². The quantitative estimate of drug-likeness (QED) is 0.671. The number of hydrogen-bond donors (Lipinski definition) is 2. The molecule has 1 aliphatic rings. The van der Waals surface area contributed by atoms with E-state index in [2.05, 4.69) is 10.6 Å². The van der Waals surface area contributed by atoms with Gasteiger partial charge < -0.3 is 10.6 Å². The zero-order valence-corrected chi connectivity index (χ0v) is 7.28. The van der Waals surface area contributed by atoms with Crippen molar-refractivity contribution in [1.82, 2.24) is 0 Å². The number of rotatable bonds is 0. The molecule has 0 aliphatic carbocycles. The van der Waals surface area contributed by atoms with Crippen LogP contribution in [-0.4, -0.2) is 12.5 Å². The Kier molecular flexibility index (Phi) is 1.84. The first kappa shape index (κ1) is 8.31. The summed E-state index contributed by atoms with van der Waals surface area (Å²) in [6, 6.07) is 2.65. The monoisotopic (exact) mass is 200 g/mol. The Balaban J connectivity index is 2.49. The fourth-order valence-electron chi connectivity index (χ4n) is 1.17. The van der Waals surface area contributed by atoms with Crippen molar-refractivity contribution in [2.75, 3.05) is 17.2 Å². The predicted octanol–water partition coefficient (Wildman–Crippen LogP) is 1.84. The number of carbonyl (C=O) groups is 1. The van der Waals surface area contributed by atoms with Crippen LogP contribution in [0.1, 0.15) is 0 Å². The Morgan fingerprint density at radius 2 is 2.15 bits per heavy atom. The molecule has 0 saturated heterocycles. The molecule has 3 nitrogen and oxygen atoms in total. The fourth-order valence-corrected chi connectivity index (χ4v) is 1.33. The Morgan fingerprint density at radius 1 is 1.38 bits per heavy atom. The third-order valence-electron chi connectivity index (χ3n) is 1.77. The minimum Gasteiger partial charge on any atom is -0.374 e. The van der Waals surface area contributed by atoms with Gasteiger partial charge in [-0.15, -0.1) is 0 Å². The summed E-state index contributed by atoms with van der Waals surface area (Å²) in [6.45, 7) is 0.189. The molecule has 1 heterocycles. The van der Waals surface area contributed by atoms with E-state index in [1.54, 1.807) is 0 Å². The van der Waals surface area contributed by atoms with Crippen molar-refractivity contribution in [3.05, 3.63) is 23.0 Å². The topological polar surface area (TPSA) is 41.1 Å². The van der Waals surface area contributed by atoms with E-state index >= 15 is 0 Å². The van der Waals surface area contributed by atoms with Gasteiger partial charge in [0, 0.05) is 6.07 Å². The van der Waals surface area contributed by atoms with Gasteiger partial charge in [-0.25, -0.2) is 4.39 Å². The molecule has 0 bridgehead atoms. The Bertz CT molecular complexity index is 381. The molecule has 5 heteroatoms. The highest BCUT2D eigenvalue weighted by molar-refractivity contribution is 6.31. The van der Waals surface area contributed by atoms with Crippen molar-refractivity contribution in [2.45, 2.75) is 0 Å². The number of anilines is 2. The molecular weight excluding hydrogens is 195 g/mol. The van der Waals surface area contributed by atoms with Crippen molar-refractivity contribution in [3.8, 4) is 0 Å². The Morgan fingerprint density at radius 3 is 2.92 bits per heavy atom. The zero-order chi connectivity index (χ0) is 9.42. The minimum absolute atomic E-state index is 0.0439. The molecule has 0 saturated carbocycles. The number of benzene rings is 1. The number of fused-ring (bicyclic) bond motifs is 1. The third-order valence-corrected chi connectivity index (χ3v) is 2.06. The second-order valence-corrected chi connectivity index (χ2v) is 3.12. The molecule has 13 heavy (non-hydrogen) atoms. The van der Waals surface area contributed by atoms with Gasteiger partial charge in [0.25, 0.3) is 0 Å². The lowest BCUT2D eigenvalue weighted by atomic mass is 10.2. The van der Waals surface area contributed by atoms with E-state index in [0.717, 1.165) is 0 Å². The van der Waals surface area contributed by atoms with E-state index in [0.29, 0.717) is 11.4 Å². The van der Waals surface area contributed by atoms with Gasteiger partial charge in [0.2, 0.25) is 5.91 Å². The van der Waals surface area contributed by atoms with Crippen molar-refractivity contribution < 1.29 is 9.18 Å². The van der Waals surface area contributed by atoms with Crippen LogP contribution in [0.4, 0.5) is 15.8 Å². The zero-order valence-electron chi connectivity index (χ0n) is 6.53. The molecule has 1 amide bonds. The third kappa shape index (κ3) is 1.45. The summed E-state index contributed by atoms with van der Waals surface area (Å²) in [6.07, 6.45) is 0. The van der Waals surface area contributed by atoms with Crippen molar-refractivity contribution >= 4 is 28.9 Å². The lowest BCUT2D eigenvalue weighted by molar-refractivity contribution is -0.114. The summed E-state index contributed by atoms with van der Waals surface area (Å²) < 4.78 is 12.9. The van der Waals surface area contributed by atoms with Gasteiger partial charge >= 0.3 is 0 Å². The van der Waals surface area contributed by atoms with E-state index in [-0.39, 0.29) is 17.5 Å². The van der Waals surface area contributed by atoms with Crippen LogP contribution in [0.3, 0.4) is 0 Å². The number of carbonyl (C=O) groups excluding carboxylic acids is 1. The number of nitrogens with one attached hydrogen (secondary N) is 2. The maximum atomic E-state index is 12.9. The van der Waals surface area contributed by atoms with E-state index in [1.165, 1.54) is 12.1 Å². The summed E-state index contributed by atoms with van der Waals surface area (Å²) in [4.78, 5) is 10.9. The minimum atomic E-state index is -0.538. The number of halogens is 2. The van der Waals surface area contributed by atoms with Crippen molar-refractivity contribution in [1.29, 1.82) is 0 Å². The molecule has 68 valence electrons. The molecule has 1 aliphatic heterocycles. The smallest absolute Gasteiger partial charge is 0.243 e. The van der Waals surface area contributed by atoms with Crippen LogP contribution in [0.5, 0.6) is 0 Å². The molecule has 0 fully saturated rings. The van der Waals surface area contributed by atoms with Crippen LogP contribution >= 0.6 is 11.6 Å². The van der Waals surface area contributed by atoms with Gasteiger partial charge in [-0.1, -0.05) is 11.6 Å². The largest absolute Gasteiger partial charge is 0.374 e. The summed E-state index contributed by atoms with van der Waals surface area (Å²) in [5.74, 6) is -0.723. The number of amides is 1. The van der Waals surface area contributed by atoms with Gasteiger partial charge in [0.1, 0.15) is 5.82 Å². The van der Waals surface area contributed by atoms with Crippen LogP contribution in [-0.2, 0) is 4.79 Å². The molecule has 0 atom stereocenters. The average molecular weight is 201 g/mol. The maximum absolute atomic E-state index is 12.9. The molecular formula is C8H6ClFN2O. The second-order valence-electron chi connectivity index (χ2n) is 2.71. The summed E-state index contributed by atoms with van der Waals surface area (Å²) in [5.41, 5.74) is 1.07. The van der Waals surface area contributed by atoms with Gasteiger partial charge in [0.05, 0.1) is 22.9 Å². The normalized spacial score (nSPS) is 14.5. The molecule has 2 N–H and O–H groups in total. The Hall–Kier alpha value is -1.29. The highest BCUT2D eigenvalue weighted by Gasteiger charge is 2.15. The molecule has 0 aromatic heterocycles. The molecule has 1 aromatic carbocycles. The summed E-state index contributed by atoms with van der Waals surface area (Å²) >= 11 is 5.55. The van der Waals surface area contributed by atoms with Crippen LogP contribution in [0.2, 0.25) is 5.02 Å². The first-order valence-electron chi connectivity index (χ1n) is 3.69. The molecule has 0 unspecified atom stereocenters. The SMILES string of the molecule is O=C1CNc2cc(Cl)c(F)cc2N1. The summed E-state index contributed by atoms with van der Waals surface area (Å²) in [7, 11) is 0. The highest BCUT2D eigenvalue weighted by atomic mass is 35.5. The van der Waals surface area contributed by atoms with Crippen LogP contribution in [0.25, 0.3) is 0 Å². The van der Waals surface area contributed by atoms with Crippen molar-refractivity contribution in [2.24, 2.45) is 0 Å². The molecule has 2 rings (SSSR count). The van der Waals surface area contributed by atoms with Gasteiger partial charge in [0.15, 0.2) is 0 Å². The predicted molar refractivity (Wildman–Crippen MR) is 48.5 cm³/mol. The first-order chi connectivity index (χ1) is 6.16. The lowest BCUT2D eigenvalue weighted by Gasteiger charge is -2.18. The second kappa shape index (κ2) is 2.88. The molecule has 0 radical (unpaired) electrons. The van der Waals surface area contributed by atoms with Gasteiger partial charge in [-0.05, 0) is 6.07 Å². The van der Waals surface area contributed by atoms with Crippen LogP contribution in [0.15, 0.2) is 12.1 Å². The van der Waals surface area contributed by atoms with Gasteiger partial charge in [-0.3, -0.25) is 4.79 Å². The highest BCUT2D eigenvalue weighted by Crippen LogP contribution is 2.30. The van der Waals surface area contributed by atoms with Crippen LogP contribution in [0, 0.1) is 5.82 Å². The lowest BCUT2D eigenvalue weighted by Crippen LogP contribution is -2.27. The van der Waals surface area contributed by atoms with E-state index < -0.39 is 5.82 Å². The molecule has 1 aromatic rings. The van der Waals surface area contributed by atoms with E-state index in [9.17, 15) is 9.18 Å². The van der Waals surface area contributed by atoms with E-state index in [4.69, 9.17) is 11.6 Å². The maximum Gasteiger partial charge on any atom is 0.243 e. The standard InChI is InChI=1S/C8H6ClFN2O/c9-4-1-6-7(2-5(4)10)12-8(13)3-11-6/h1-2,11H,3H2,(H,12,13). The fraction of sp³-hybridized carbons (Fsp3) is 0.125.